The van der Waals surface area contributed by atoms with Crippen molar-refractivity contribution in [2.24, 2.45) is 13.0 Å². The molecule has 1 heterocycles. The molecule has 20 heavy (non-hydrogen) atoms. The van der Waals surface area contributed by atoms with E-state index in [9.17, 15) is 18.3 Å². The van der Waals surface area contributed by atoms with Crippen LogP contribution in [-0.2, 0) is 17.1 Å². The highest BCUT2D eigenvalue weighted by Gasteiger charge is 2.30. The van der Waals surface area contributed by atoms with Crippen LogP contribution in [0.15, 0.2) is 17.2 Å². The average Bonchev–Trinajstić information content (AvgIpc) is 3.18. The summed E-state index contributed by atoms with van der Waals surface area (Å²) in [6.07, 6.45) is 2.83. The van der Waals surface area contributed by atoms with Gasteiger partial charge in [0.1, 0.15) is 10.6 Å². The maximum Gasteiger partial charge on any atom is 0.268 e. The summed E-state index contributed by atoms with van der Waals surface area (Å²) in [6.45, 7) is 0.183. The highest BCUT2D eigenvalue weighted by molar-refractivity contribution is 7.89. The first-order chi connectivity index (χ1) is 9.35. The van der Waals surface area contributed by atoms with E-state index < -0.39 is 22.0 Å². The average molecular weight is 301 g/mol. The Morgan fingerprint density at radius 3 is 2.75 bits per heavy atom. The maximum absolute atomic E-state index is 12.0. The molecule has 1 atom stereocenters. The van der Waals surface area contributed by atoms with Gasteiger partial charge in [0.25, 0.3) is 5.91 Å². The number of aryl methyl sites for hydroxylation is 1. The van der Waals surface area contributed by atoms with Gasteiger partial charge in [-0.05, 0) is 31.9 Å². The Kier molecular flexibility index (Phi) is 4.17. The third kappa shape index (κ3) is 3.20. The van der Waals surface area contributed by atoms with Gasteiger partial charge >= 0.3 is 0 Å². The molecule has 0 aromatic carbocycles. The van der Waals surface area contributed by atoms with Crippen molar-refractivity contribution in [1.29, 1.82) is 0 Å². The zero-order valence-corrected chi connectivity index (χ0v) is 12.3. The molecule has 112 valence electrons. The molecule has 1 unspecified atom stereocenters. The Morgan fingerprint density at radius 2 is 2.20 bits per heavy atom. The van der Waals surface area contributed by atoms with Crippen LogP contribution in [0.25, 0.3) is 0 Å². The molecule has 0 saturated heterocycles. The summed E-state index contributed by atoms with van der Waals surface area (Å²) in [7, 11) is -0.657. The minimum Gasteiger partial charge on any atom is -0.391 e. The summed E-state index contributed by atoms with van der Waals surface area (Å²) in [5.74, 6) is -0.117. The smallest absolute Gasteiger partial charge is 0.268 e. The lowest BCUT2D eigenvalue weighted by atomic mass is 10.2. The van der Waals surface area contributed by atoms with Crippen molar-refractivity contribution in [1.82, 2.24) is 14.6 Å². The van der Waals surface area contributed by atoms with Gasteiger partial charge in [0.15, 0.2) is 0 Å². The van der Waals surface area contributed by atoms with Crippen LogP contribution in [0.3, 0.4) is 0 Å². The number of sulfonamides is 1. The molecule has 7 nitrogen and oxygen atoms in total. The number of aliphatic hydroxyl groups is 1. The molecule has 0 aliphatic heterocycles. The molecule has 0 bridgehead atoms. The molecular weight excluding hydrogens is 282 g/mol. The van der Waals surface area contributed by atoms with Crippen molar-refractivity contribution in [3.63, 3.8) is 0 Å². The van der Waals surface area contributed by atoms with Crippen LogP contribution < -0.4 is 10.0 Å². The van der Waals surface area contributed by atoms with Gasteiger partial charge in [-0.25, -0.2) is 13.1 Å². The highest BCUT2D eigenvalue weighted by Crippen LogP contribution is 2.32. The molecule has 1 aromatic heterocycles. The monoisotopic (exact) mass is 301 g/mol. The van der Waals surface area contributed by atoms with Crippen LogP contribution in [0.1, 0.15) is 23.3 Å². The molecule has 1 saturated carbocycles. The van der Waals surface area contributed by atoms with Crippen molar-refractivity contribution < 1.29 is 18.3 Å². The van der Waals surface area contributed by atoms with Gasteiger partial charge in [-0.2, -0.15) is 0 Å². The molecule has 1 amide bonds. The first kappa shape index (κ1) is 15.0. The molecule has 1 aromatic rings. The van der Waals surface area contributed by atoms with Crippen molar-refractivity contribution in [2.45, 2.75) is 23.8 Å². The molecule has 3 N–H and O–H groups in total. The quantitative estimate of drug-likeness (QED) is 0.655. The second-order valence-corrected chi connectivity index (χ2v) is 6.88. The Hall–Kier alpha value is -1.38. The number of hydrogen-bond donors (Lipinski definition) is 3. The van der Waals surface area contributed by atoms with E-state index in [1.807, 2.05) is 0 Å². The van der Waals surface area contributed by atoms with Gasteiger partial charge in [-0.3, -0.25) is 4.79 Å². The van der Waals surface area contributed by atoms with Crippen molar-refractivity contribution in [3.05, 3.63) is 18.0 Å². The zero-order valence-electron chi connectivity index (χ0n) is 11.5. The van der Waals surface area contributed by atoms with E-state index >= 15 is 0 Å². The van der Waals surface area contributed by atoms with E-state index in [0.29, 0.717) is 0 Å². The van der Waals surface area contributed by atoms with Crippen LogP contribution in [-0.4, -0.2) is 43.7 Å². The van der Waals surface area contributed by atoms with Crippen LogP contribution in [0.4, 0.5) is 0 Å². The lowest BCUT2D eigenvalue weighted by molar-refractivity contribution is 0.0893. The van der Waals surface area contributed by atoms with Gasteiger partial charge < -0.3 is 15.0 Å². The Labute approximate surface area is 118 Å². The topological polar surface area (TPSA) is 100 Å². The van der Waals surface area contributed by atoms with E-state index in [2.05, 4.69) is 10.0 Å². The van der Waals surface area contributed by atoms with Crippen LogP contribution in [0, 0.1) is 5.92 Å². The second kappa shape index (κ2) is 5.55. The summed E-state index contributed by atoms with van der Waals surface area (Å²) < 4.78 is 27.0. The van der Waals surface area contributed by atoms with Crippen molar-refractivity contribution in [2.75, 3.05) is 13.6 Å². The summed E-state index contributed by atoms with van der Waals surface area (Å²) in [4.78, 5) is 12.0. The number of nitrogens with zero attached hydrogens (tertiary/aromatic N) is 1. The maximum atomic E-state index is 12.0. The normalized spacial score (nSPS) is 16.9. The zero-order chi connectivity index (χ0) is 14.9. The Bertz CT molecular complexity index is 604. The van der Waals surface area contributed by atoms with Gasteiger partial charge in [-0.15, -0.1) is 0 Å². The summed E-state index contributed by atoms with van der Waals surface area (Å²) in [5, 5.41) is 12.3. The van der Waals surface area contributed by atoms with Gasteiger partial charge in [-0.1, -0.05) is 0 Å². The SMILES string of the molecule is CNS(=O)(=O)c1cc(C(=O)NCC(O)C2CC2)n(C)c1. The number of rotatable bonds is 6. The number of carbonyl (C=O) groups excluding carboxylic acids is 1. The third-order valence-corrected chi connectivity index (χ3v) is 4.81. The van der Waals surface area contributed by atoms with E-state index in [4.69, 9.17) is 0 Å². The van der Waals surface area contributed by atoms with Crippen LogP contribution >= 0.6 is 0 Å². The molecule has 0 spiro atoms. The van der Waals surface area contributed by atoms with E-state index in [0.717, 1.165) is 12.8 Å². The Balaban J connectivity index is 2.06. The fourth-order valence-corrected chi connectivity index (χ4v) is 2.76. The van der Waals surface area contributed by atoms with Gasteiger partial charge in [0.2, 0.25) is 10.0 Å². The van der Waals surface area contributed by atoms with Crippen LogP contribution in [0.5, 0.6) is 0 Å². The largest absolute Gasteiger partial charge is 0.391 e. The molecule has 2 rings (SSSR count). The fourth-order valence-electron chi connectivity index (χ4n) is 1.96. The molecule has 1 aliphatic carbocycles. The minimum atomic E-state index is -3.57. The molecular formula is C12H19N3O4S. The van der Waals surface area contributed by atoms with E-state index in [1.165, 1.54) is 23.9 Å². The standard InChI is InChI=1S/C12H19N3O4S/c1-13-20(18,19)9-5-10(15(2)7-9)12(17)14-6-11(16)8-3-4-8/h5,7-8,11,13,16H,3-4,6H2,1-2H3,(H,14,17). The number of aliphatic hydroxyl groups excluding tert-OH is 1. The highest BCUT2D eigenvalue weighted by atomic mass is 32.2. The molecule has 0 radical (unpaired) electrons. The summed E-state index contributed by atoms with van der Waals surface area (Å²) >= 11 is 0. The fraction of sp³-hybridized carbons (Fsp3) is 0.583. The lowest BCUT2D eigenvalue weighted by Crippen LogP contribution is -2.34. The summed E-state index contributed by atoms with van der Waals surface area (Å²) in [6, 6.07) is 1.31. The first-order valence-corrected chi connectivity index (χ1v) is 7.89. The number of amides is 1. The third-order valence-electron chi connectivity index (χ3n) is 3.43. The number of aromatic nitrogens is 1. The number of nitrogens with one attached hydrogen (secondary N) is 2. The second-order valence-electron chi connectivity index (χ2n) is 4.99. The van der Waals surface area contributed by atoms with Crippen molar-refractivity contribution in [3.8, 4) is 0 Å². The van der Waals surface area contributed by atoms with Crippen LogP contribution in [0.2, 0.25) is 0 Å². The minimum absolute atomic E-state index is 0.0374. The molecule has 1 aliphatic rings. The molecule has 1 fully saturated rings. The Morgan fingerprint density at radius 1 is 1.55 bits per heavy atom. The predicted octanol–water partition coefficient (Wildman–Crippen LogP) is -0.566. The van der Waals surface area contributed by atoms with E-state index in [-0.39, 0.29) is 23.1 Å². The predicted molar refractivity (Wildman–Crippen MR) is 72.7 cm³/mol. The van der Waals surface area contributed by atoms with Gasteiger partial charge in [0.05, 0.1) is 6.10 Å². The van der Waals surface area contributed by atoms with Crippen molar-refractivity contribution >= 4 is 15.9 Å². The van der Waals surface area contributed by atoms with E-state index in [1.54, 1.807) is 7.05 Å². The number of carbonyl (C=O) groups is 1. The number of hydrogen-bond acceptors (Lipinski definition) is 4. The summed E-state index contributed by atoms with van der Waals surface area (Å²) in [5.41, 5.74) is 0.238. The lowest BCUT2D eigenvalue weighted by Gasteiger charge is -2.10. The van der Waals surface area contributed by atoms with Gasteiger partial charge in [0, 0.05) is 19.8 Å². The first-order valence-electron chi connectivity index (χ1n) is 6.41. The molecule has 8 heteroatoms.